The van der Waals surface area contributed by atoms with Crippen molar-refractivity contribution in [2.75, 3.05) is 24.5 Å². The molecule has 1 aliphatic rings. The molecule has 1 aromatic carbocycles. The monoisotopic (exact) mass is 222 g/mol. The maximum Gasteiger partial charge on any atom is 0.126 e. The minimum atomic E-state index is -0.120. The summed E-state index contributed by atoms with van der Waals surface area (Å²) in [6.07, 6.45) is 1.14. The number of halogens is 1. The largest absolute Gasteiger partial charge is 0.370 e. The number of hydrogen-bond acceptors (Lipinski definition) is 2. The second kappa shape index (κ2) is 4.83. The number of hydrogen-bond donors (Lipinski definition) is 1. The van der Waals surface area contributed by atoms with Crippen LogP contribution in [0.15, 0.2) is 18.2 Å². The average molecular weight is 222 g/mol. The molecule has 3 heteroatoms. The van der Waals surface area contributed by atoms with E-state index in [1.807, 2.05) is 19.1 Å². The van der Waals surface area contributed by atoms with E-state index in [0.29, 0.717) is 6.04 Å². The van der Waals surface area contributed by atoms with E-state index >= 15 is 0 Å². The van der Waals surface area contributed by atoms with Crippen LogP contribution in [0, 0.1) is 12.7 Å². The summed E-state index contributed by atoms with van der Waals surface area (Å²) < 4.78 is 13.2. The van der Waals surface area contributed by atoms with E-state index in [2.05, 4.69) is 17.1 Å². The first-order valence-electron chi connectivity index (χ1n) is 5.91. The predicted octanol–water partition coefficient (Wildman–Crippen LogP) is 2.32. The Bertz CT molecular complexity index is 365. The molecule has 0 saturated carbocycles. The van der Waals surface area contributed by atoms with E-state index in [1.54, 1.807) is 6.07 Å². The quantitative estimate of drug-likeness (QED) is 0.784. The summed E-state index contributed by atoms with van der Waals surface area (Å²) in [6, 6.07) is 5.95. The minimum absolute atomic E-state index is 0.120. The van der Waals surface area contributed by atoms with Crippen molar-refractivity contribution >= 4 is 5.69 Å². The summed E-state index contributed by atoms with van der Waals surface area (Å²) >= 11 is 0. The highest BCUT2D eigenvalue weighted by molar-refractivity contribution is 5.49. The van der Waals surface area contributed by atoms with Crippen molar-refractivity contribution in [3.63, 3.8) is 0 Å². The van der Waals surface area contributed by atoms with Gasteiger partial charge in [0.1, 0.15) is 5.82 Å². The van der Waals surface area contributed by atoms with Gasteiger partial charge in [0.05, 0.1) is 0 Å². The molecule has 1 fully saturated rings. The maximum absolute atomic E-state index is 13.2. The Hall–Kier alpha value is -1.09. The van der Waals surface area contributed by atoms with Gasteiger partial charge in [-0.3, -0.25) is 0 Å². The first kappa shape index (κ1) is 11.4. The van der Waals surface area contributed by atoms with Gasteiger partial charge < -0.3 is 10.2 Å². The molecule has 1 N–H and O–H groups in total. The van der Waals surface area contributed by atoms with Crippen molar-refractivity contribution in [3.05, 3.63) is 29.6 Å². The highest BCUT2D eigenvalue weighted by atomic mass is 19.1. The summed E-state index contributed by atoms with van der Waals surface area (Å²) in [5, 5.41) is 3.45. The van der Waals surface area contributed by atoms with Gasteiger partial charge in [-0.1, -0.05) is 0 Å². The Balaban J connectivity index is 2.13. The molecule has 1 aliphatic heterocycles. The van der Waals surface area contributed by atoms with Gasteiger partial charge in [-0.05, 0) is 44.0 Å². The number of nitrogens with zero attached hydrogens (tertiary/aromatic N) is 1. The number of anilines is 1. The third-order valence-electron chi connectivity index (χ3n) is 3.21. The molecule has 0 bridgehead atoms. The normalized spacial score (nSPS) is 21.9. The molecule has 0 radical (unpaired) electrons. The van der Waals surface area contributed by atoms with Gasteiger partial charge in [0.2, 0.25) is 0 Å². The van der Waals surface area contributed by atoms with Crippen LogP contribution >= 0.6 is 0 Å². The van der Waals surface area contributed by atoms with E-state index in [0.717, 1.165) is 37.3 Å². The van der Waals surface area contributed by atoms with Gasteiger partial charge in [-0.15, -0.1) is 0 Å². The predicted molar refractivity (Wildman–Crippen MR) is 65.4 cm³/mol. The molecule has 0 spiro atoms. The SMILES string of the molecule is Cc1cc(N2CCNC(C)CC2)ccc1F. The van der Waals surface area contributed by atoms with E-state index in [1.165, 1.54) is 0 Å². The smallest absolute Gasteiger partial charge is 0.126 e. The van der Waals surface area contributed by atoms with E-state index in [-0.39, 0.29) is 5.82 Å². The Morgan fingerprint density at radius 1 is 1.38 bits per heavy atom. The van der Waals surface area contributed by atoms with Gasteiger partial charge in [-0.25, -0.2) is 4.39 Å². The molecular formula is C13H19FN2. The zero-order valence-electron chi connectivity index (χ0n) is 9.96. The van der Waals surface area contributed by atoms with Crippen LogP contribution in [-0.2, 0) is 0 Å². The number of aryl methyl sites for hydroxylation is 1. The van der Waals surface area contributed by atoms with Gasteiger partial charge in [-0.2, -0.15) is 0 Å². The van der Waals surface area contributed by atoms with Crippen molar-refractivity contribution in [2.45, 2.75) is 26.3 Å². The van der Waals surface area contributed by atoms with Crippen molar-refractivity contribution in [3.8, 4) is 0 Å². The summed E-state index contributed by atoms with van der Waals surface area (Å²) in [6.45, 7) is 7.06. The van der Waals surface area contributed by atoms with Gasteiger partial charge >= 0.3 is 0 Å². The number of rotatable bonds is 1. The summed E-state index contributed by atoms with van der Waals surface area (Å²) in [5.74, 6) is -0.120. The fraction of sp³-hybridized carbons (Fsp3) is 0.538. The second-order valence-electron chi connectivity index (χ2n) is 4.56. The van der Waals surface area contributed by atoms with Gasteiger partial charge in [0, 0.05) is 31.4 Å². The lowest BCUT2D eigenvalue weighted by Crippen LogP contribution is -2.29. The highest BCUT2D eigenvalue weighted by Gasteiger charge is 2.13. The van der Waals surface area contributed by atoms with Crippen LogP contribution in [0.25, 0.3) is 0 Å². The molecule has 1 unspecified atom stereocenters. The number of benzene rings is 1. The third kappa shape index (κ3) is 2.53. The topological polar surface area (TPSA) is 15.3 Å². The first-order valence-corrected chi connectivity index (χ1v) is 5.91. The highest BCUT2D eigenvalue weighted by Crippen LogP contribution is 2.19. The Kier molecular flexibility index (Phi) is 3.44. The Morgan fingerprint density at radius 2 is 2.19 bits per heavy atom. The average Bonchev–Trinajstić information content (AvgIpc) is 2.47. The molecule has 88 valence electrons. The summed E-state index contributed by atoms with van der Waals surface area (Å²) in [4.78, 5) is 2.32. The molecule has 16 heavy (non-hydrogen) atoms. The zero-order chi connectivity index (χ0) is 11.5. The maximum atomic E-state index is 13.2. The molecule has 0 amide bonds. The van der Waals surface area contributed by atoms with E-state index in [4.69, 9.17) is 0 Å². The summed E-state index contributed by atoms with van der Waals surface area (Å²) in [5.41, 5.74) is 1.86. The molecule has 2 rings (SSSR count). The van der Waals surface area contributed by atoms with Gasteiger partial charge in [0.15, 0.2) is 0 Å². The van der Waals surface area contributed by atoms with Crippen molar-refractivity contribution in [2.24, 2.45) is 0 Å². The van der Waals surface area contributed by atoms with Crippen LogP contribution in [0.2, 0.25) is 0 Å². The zero-order valence-corrected chi connectivity index (χ0v) is 9.96. The third-order valence-corrected chi connectivity index (χ3v) is 3.21. The molecule has 1 aromatic rings. The fourth-order valence-corrected chi connectivity index (χ4v) is 2.09. The lowest BCUT2D eigenvalue weighted by Gasteiger charge is -2.22. The molecule has 1 heterocycles. The van der Waals surface area contributed by atoms with Gasteiger partial charge in [0.25, 0.3) is 0 Å². The van der Waals surface area contributed by atoms with Crippen LogP contribution in [0.3, 0.4) is 0 Å². The van der Waals surface area contributed by atoms with Crippen LogP contribution in [-0.4, -0.2) is 25.7 Å². The Morgan fingerprint density at radius 3 is 2.94 bits per heavy atom. The van der Waals surface area contributed by atoms with Crippen molar-refractivity contribution in [1.29, 1.82) is 0 Å². The van der Waals surface area contributed by atoms with E-state index in [9.17, 15) is 4.39 Å². The van der Waals surface area contributed by atoms with Crippen molar-refractivity contribution in [1.82, 2.24) is 5.32 Å². The lowest BCUT2D eigenvalue weighted by atomic mass is 10.2. The summed E-state index contributed by atoms with van der Waals surface area (Å²) in [7, 11) is 0. The number of nitrogens with one attached hydrogen (secondary N) is 1. The standard InChI is InChI=1S/C13H19FN2/c1-10-9-12(3-4-13(10)14)16-7-5-11(2)15-6-8-16/h3-4,9,11,15H,5-8H2,1-2H3. The van der Waals surface area contributed by atoms with Crippen molar-refractivity contribution < 1.29 is 4.39 Å². The minimum Gasteiger partial charge on any atom is -0.370 e. The van der Waals surface area contributed by atoms with Crippen LogP contribution in [0.1, 0.15) is 18.9 Å². The van der Waals surface area contributed by atoms with Crippen LogP contribution in [0.4, 0.5) is 10.1 Å². The molecule has 2 nitrogen and oxygen atoms in total. The lowest BCUT2D eigenvalue weighted by molar-refractivity contribution is 0.566. The molecule has 0 aromatic heterocycles. The fourth-order valence-electron chi connectivity index (χ4n) is 2.09. The molecular weight excluding hydrogens is 203 g/mol. The molecule has 1 atom stereocenters. The van der Waals surface area contributed by atoms with Crippen LogP contribution < -0.4 is 10.2 Å². The second-order valence-corrected chi connectivity index (χ2v) is 4.56. The first-order chi connectivity index (χ1) is 7.66. The molecule has 0 aliphatic carbocycles. The van der Waals surface area contributed by atoms with Crippen LogP contribution in [0.5, 0.6) is 0 Å². The molecule has 1 saturated heterocycles. The van der Waals surface area contributed by atoms with E-state index < -0.39 is 0 Å². The Labute approximate surface area is 96.5 Å².